The number of amides is 1. The molecule has 3 aromatic heterocycles. The average molecular weight is 389 g/mol. The lowest BCUT2D eigenvalue weighted by Crippen LogP contribution is -2.15. The normalized spacial score (nSPS) is 11.7. The van der Waals surface area contributed by atoms with Crippen molar-refractivity contribution in [2.45, 2.75) is 6.18 Å². The largest absolute Gasteiger partial charge is 0.416 e. The molecule has 0 aliphatic heterocycles. The van der Waals surface area contributed by atoms with Gasteiger partial charge < -0.3 is 5.32 Å². The molecule has 0 saturated heterocycles. The summed E-state index contributed by atoms with van der Waals surface area (Å²) in [5, 5.41) is 8.57. The molecule has 0 radical (unpaired) electrons. The van der Waals surface area contributed by atoms with E-state index >= 15 is 0 Å². The van der Waals surface area contributed by atoms with Crippen LogP contribution in [0.3, 0.4) is 0 Å². The molecule has 0 aliphatic rings. The molecule has 0 aliphatic carbocycles. The van der Waals surface area contributed by atoms with Crippen LogP contribution in [0.4, 0.5) is 19.0 Å². The second kappa shape index (κ2) is 6.47. The van der Waals surface area contributed by atoms with Crippen LogP contribution in [-0.2, 0) is 6.18 Å². The summed E-state index contributed by atoms with van der Waals surface area (Å²) in [7, 11) is 0. The van der Waals surface area contributed by atoms with Crippen molar-refractivity contribution in [1.82, 2.24) is 19.6 Å². The summed E-state index contributed by atoms with van der Waals surface area (Å²) in [6, 6.07) is 7.96. The lowest BCUT2D eigenvalue weighted by atomic mass is 10.1. The summed E-state index contributed by atoms with van der Waals surface area (Å²) < 4.78 is 40.2. The molecule has 1 N–H and O–H groups in total. The van der Waals surface area contributed by atoms with E-state index in [0.717, 1.165) is 12.1 Å². The average Bonchev–Trinajstić information content (AvgIpc) is 3.31. The molecule has 0 atom stereocenters. The van der Waals surface area contributed by atoms with E-state index in [0.29, 0.717) is 22.7 Å². The number of benzene rings is 1. The van der Waals surface area contributed by atoms with Gasteiger partial charge >= 0.3 is 6.18 Å². The number of rotatable bonds is 3. The van der Waals surface area contributed by atoms with Crippen LogP contribution in [0.15, 0.2) is 53.5 Å². The number of thiazole rings is 1. The van der Waals surface area contributed by atoms with E-state index in [2.05, 4.69) is 20.4 Å². The summed E-state index contributed by atoms with van der Waals surface area (Å²) in [5.74, 6) is -0.0869. The minimum Gasteiger partial charge on any atom is -0.305 e. The Labute approximate surface area is 154 Å². The standard InChI is InChI=1S/C17H10F3N5OS/c18-17(19,20)11-3-1-2-10(6-11)12-7-15-21-5-4-14(25(15)24-12)23-16(26)13-8-27-9-22-13/h1-9H,(H,23,26). The van der Waals surface area contributed by atoms with E-state index < -0.39 is 17.6 Å². The first kappa shape index (κ1) is 17.2. The third kappa shape index (κ3) is 3.38. The minimum absolute atomic E-state index is 0.259. The number of aromatic nitrogens is 4. The Morgan fingerprint density at radius 1 is 1.15 bits per heavy atom. The molecule has 6 nitrogen and oxygen atoms in total. The molecule has 0 saturated carbocycles. The molecule has 27 heavy (non-hydrogen) atoms. The Bertz CT molecular complexity index is 1120. The first-order valence-corrected chi connectivity index (χ1v) is 8.58. The Morgan fingerprint density at radius 2 is 2.00 bits per heavy atom. The number of anilines is 1. The second-order valence-corrected chi connectivity index (χ2v) is 6.25. The zero-order chi connectivity index (χ0) is 19.0. The van der Waals surface area contributed by atoms with Crippen molar-refractivity contribution in [3.8, 4) is 11.3 Å². The predicted molar refractivity (Wildman–Crippen MR) is 93.5 cm³/mol. The molecular weight excluding hydrogens is 379 g/mol. The first-order valence-electron chi connectivity index (χ1n) is 7.64. The number of fused-ring (bicyclic) bond motifs is 1. The predicted octanol–water partition coefficient (Wildman–Crippen LogP) is 4.12. The summed E-state index contributed by atoms with van der Waals surface area (Å²) in [5.41, 5.74) is 2.03. The zero-order valence-corrected chi connectivity index (χ0v) is 14.3. The number of hydrogen-bond acceptors (Lipinski definition) is 5. The highest BCUT2D eigenvalue weighted by molar-refractivity contribution is 7.07. The van der Waals surface area contributed by atoms with Gasteiger partial charge in [0.2, 0.25) is 0 Å². The Morgan fingerprint density at radius 3 is 2.74 bits per heavy atom. The second-order valence-electron chi connectivity index (χ2n) is 5.54. The highest BCUT2D eigenvalue weighted by atomic mass is 32.1. The maximum absolute atomic E-state index is 12.9. The van der Waals surface area contributed by atoms with Crippen LogP contribution in [0, 0.1) is 0 Å². The fraction of sp³-hybridized carbons (Fsp3) is 0.0588. The van der Waals surface area contributed by atoms with Crippen molar-refractivity contribution in [2.75, 3.05) is 5.32 Å². The van der Waals surface area contributed by atoms with Gasteiger partial charge in [-0.05, 0) is 18.2 Å². The fourth-order valence-electron chi connectivity index (χ4n) is 2.49. The topological polar surface area (TPSA) is 72.2 Å². The fourth-order valence-corrected chi connectivity index (χ4v) is 3.02. The van der Waals surface area contributed by atoms with E-state index in [9.17, 15) is 18.0 Å². The van der Waals surface area contributed by atoms with E-state index in [1.54, 1.807) is 17.5 Å². The van der Waals surface area contributed by atoms with Crippen molar-refractivity contribution in [2.24, 2.45) is 0 Å². The van der Waals surface area contributed by atoms with Crippen LogP contribution >= 0.6 is 11.3 Å². The molecule has 1 aromatic carbocycles. The highest BCUT2D eigenvalue weighted by Gasteiger charge is 2.30. The van der Waals surface area contributed by atoms with Crippen molar-refractivity contribution in [1.29, 1.82) is 0 Å². The molecule has 0 spiro atoms. The van der Waals surface area contributed by atoms with Crippen LogP contribution in [0.1, 0.15) is 16.1 Å². The van der Waals surface area contributed by atoms with Gasteiger partial charge in [-0.1, -0.05) is 12.1 Å². The third-order valence-corrected chi connectivity index (χ3v) is 4.34. The van der Waals surface area contributed by atoms with Crippen molar-refractivity contribution >= 4 is 28.7 Å². The van der Waals surface area contributed by atoms with Crippen molar-refractivity contribution in [3.63, 3.8) is 0 Å². The quantitative estimate of drug-likeness (QED) is 0.572. The van der Waals surface area contributed by atoms with Crippen LogP contribution in [0.25, 0.3) is 16.9 Å². The van der Waals surface area contributed by atoms with Gasteiger partial charge in [0.15, 0.2) is 5.65 Å². The van der Waals surface area contributed by atoms with E-state index in [1.165, 1.54) is 39.7 Å². The van der Waals surface area contributed by atoms with Crippen LogP contribution in [-0.4, -0.2) is 25.5 Å². The smallest absolute Gasteiger partial charge is 0.305 e. The zero-order valence-electron chi connectivity index (χ0n) is 13.4. The van der Waals surface area contributed by atoms with E-state index in [-0.39, 0.29) is 5.69 Å². The molecular formula is C17H10F3N5OS. The number of alkyl halides is 3. The molecule has 4 rings (SSSR count). The summed E-state index contributed by atoms with van der Waals surface area (Å²) in [6.45, 7) is 0. The number of nitrogens with one attached hydrogen (secondary N) is 1. The van der Waals surface area contributed by atoms with Crippen molar-refractivity contribution < 1.29 is 18.0 Å². The molecule has 136 valence electrons. The van der Waals surface area contributed by atoms with Crippen LogP contribution in [0.5, 0.6) is 0 Å². The molecule has 3 heterocycles. The van der Waals surface area contributed by atoms with Gasteiger partial charge in [-0.25, -0.2) is 9.97 Å². The van der Waals surface area contributed by atoms with Gasteiger partial charge in [-0.15, -0.1) is 11.3 Å². The monoisotopic (exact) mass is 389 g/mol. The molecule has 1 amide bonds. The molecule has 0 unspecified atom stereocenters. The molecule has 0 bridgehead atoms. The Balaban J connectivity index is 1.72. The van der Waals surface area contributed by atoms with Gasteiger partial charge in [0.1, 0.15) is 11.5 Å². The number of carbonyl (C=O) groups excluding carboxylic acids is 1. The summed E-state index contributed by atoms with van der Waals surface area (Å²) >= 11 is 1.29. The SMILES string of the molecule is O=C(Nc1ccnc2cc(-c3cccc(C(F)(F)F)c3)nn12)c1cscn1. The Kier molecular flexibility index (Phi) is 4.11. The van der Waals surface area contributed by atoms with E-state index in [1.807, 2.05) is 0 Å². The minimum atomic E-state index is -4.44. The van der Waals surface area contributed by atoms with Gasteiger partial charge in [0.05, 0.1) is 16.8 Å². The maximum Gasteiger partial charge on any atom is 0.416 e. The summed E-state index contributed by atoms with van der Waals surface area (Å²) in [4.78, 5) is 20.3. The molecule has 10 heteroatoms. The van der Waals surface area contributed by atoms with Gasteiger partial charge in [0.25, 0.3) is 5.91 Å². The van der Waals surface area contributed by atoms with Gasteiger partial charge in [-0.3, -0.25) is 4.79 Å². The molecule has 0 fully saturated rings. The lowest BCUT2D eigenvalue weighted by Gasteiger charge is -2.07. The molecule has 4 aromatic rings. The maximum atomic E-state index is 12.9. The summed E-state index contributed by atoms with van der Waals surface area (Å²) in [6.07, 6.45) is -2.97. The third-order valence-electron chi connectivity index (χ3n) is 3.75. The Hall–Kier alpha value is -3.27. The number of carbonyl (C=O) groups is 1. The van der Waals surface area contributed by atoms with Gasteiger partial charge in [-0.2, -0.15) is 22.8 Å². The van der Waals surface area contributed by atoms with Crippen molar-refractivity contribution in [3.05, 3.63) is 64.7 Å². The lowest BCUT2D eigenvalue weighted by molar-refractivity contribution is -0.137. The van der Waals surface area contributed by atoms with Crippen LogP contribution in [0.2, 0.25) is 0 Å². The number of hydrogen-bond donors (Lipinski definition) is 1. The van der Waals surface area contributed by atoms with Crippen LogP contribution < -0.4 is 5.32 Å². The number of nitrogens with zero attached hydrogens (tertiary/aromatic N) is 4. The highest BCUT2D eigenvalue weighted by Crippen LogP contribution is 2.32. The first-order chi connectivity index (χ1) is 12.9. The number of halogens is 3. The van der Waals surface area contributed by atoms with Gasteiger partial charge in [0, 0.05) is 23.2 Å². The van der Waals surface area contributed by atoms with E-state index in [4.69, 9.17) is 0 Å².